The first-order chi connectivity index (χ1) is 13.8. The third-order valence-electron chi connectivity index (χ3n) is 4.97. The molecule has 9 heteroatoms. The molecular weight excluding hydrogens is 382 g/mol. The van der Waals surface area contributed by atoms with Crippen LogP contribution < -0.4 is 0 Å². The molecule has 9 nitrogen and oxygen atoms in total. The van der Waals surface area contributed by atoms with Crippen molar-refractivity contribution >= 4 is 23.8 Å². The number of carbonyl (C=O) groups excluding carboxylic acids is 4. The van der Waals surface area contributed by atoms with Crippen molar-refractivity contribution in [2.75, 3.05) is 0 Å². The SMILES string of the molecule is CC(OC1CC1)C(=O)OOC(=O)C(C)(OC1CC1)N1C(=O)c2ccccc2C1=O. The number of fused-ring (bicyclic) bond motifs is 1. The van der Waals surface area contributed by atoms with E-state index in [1.807, 2.05) is 0 Å². The van der Waals surface area contributed by atoms with Crippen LogP contribution in [0.15, 0.2) is 24.3 Å². The molecule has 3 aliphatic rings. The average molecular weight is 403 g/mol. The summed E-state index contributed by atoms with van der Waals surface area (Å²) >= 11 is 0. The summed E-state index contributed by atoms with van der Waals surface area (Å²) in [6, 6.07) is 6.23. The molecule has 0 radical (unpaired) electrons. The van der Waals surface area contributed by atoms with Crippen LogP contribution in [0.1, 0.15) is 60.2 Å². The van der Waals surface area contributed by atoms with Crippen LogP contribution in [0.3, 0.4) is 0 Å². The zero-order valence-corrected chi connectivity index (χ0v) is 16.1. The molecular formula is C20H21NO8. The molecule has 0 spiro atoms. The Labute approximate surface area is 166 Å². The lowest BCUT2D eigenvalue weighted by Crippen LogP contribution is -2.58. The second-order valence-corrected chi connectivity index (χ2v) is 7.54. The molecule has 2 aliphatic carbocycles. The summed E-state index contributed by atoms with van der Waals surface area (Å²) in [5.41, 5.74) is -1.74. The van der Waals surface area contributed by atoms with Gasteiger partial charge in [0.1, 0.15) is 0 Å². The molecule has 154 valence electrons. The molecule has 2 saturated carbocycles. The van der Waals surface area contributed by atoms with E-state index in [9.17, 15) is 19.2 Å². The number of ether oxygens (including phenoxy) is 2. The van der Waals surface area contributed by atoms with Gasteiger partial charge in [0.05, 0.1) is 23.3 Å². The number of carbonyl (C=O) groups is 4. The van der Waals surface area contributed by atoms with E-state index in [1.54, 1.807) is 12.1 Å². The number of benzene rings is 1. The lowest BCUT2D eigenvalue weighted by atomic mass is 10.1. The predicted octanol–water partition coefficient (Wildman–Crippen LogP) is 1.75. The molecule has 4 rings (SSSR count). The van der Waals surface area contributed by atoms with Gasteiger partial charge < -0.3 is 9.47 Å². The maximum absolute atomic E-state index is 12.8. The number of nitrogens with zero attached hydrogens (tertiary/aromatic N) is 1. The topological polar surface area (TPSA) is 108 Å². The van der Waals surface area contributed by atoms with Gasteiger partial charge in [0.15, 0.2) is 6.10 Å². The summed E-state index contributed by atoms with van der Waals surface area (Å²) in [4.78, 5) is 60.5. The number of rotatable bonds is 7. The summed E-state index contributed by atoms with van der Waals surface area (Å²) in [5, 5.41) is 0. The van der Waals surface area contributed by atoms with Gasteiger partial charge in [0.25, 0.3) is 17.5 Å². The van der Waals surface area contributed by atoms with Crippen LogP contribution in [-0.2, 0) is 28.8 Å². The minimum atomic E-state index is -2.07. The first-order valence-electron chi connectivity index (χ1n) is 9.55. The van der Waals surface area contributed by atoms with Crippen LogP contribution in [-0.4, -0.2) is 52.7 Å². The van der Waals surface area contributed by atoms with Gasteiger partial charge in [-0.05, 0) is 51.7 Å². The van der Waals surface area contributed by atoms with Gasteiger partial charge in [-0.2, -0.15) is 0 Å². The minimum absolute atomic E-state index is 0.00932. The first-order valence-corrected chi connectivity index (χ1v) is 9.55. The molecule has 1 aromatic rings. The monoisotopic (exact) mass is 403 g/mol. The van der Waals surface area contributed by atoms with Crippen molar-refractivity contribution in [3.8, 4) is 0 Å². The normalized spacial score (nSPS) is 21.4. The second kappa shape index (κ2) is 7.23. The lowest BCUT2D eigenvalue weighted by molar-refractivity contribution is -0.283. The highest BCUT2D eigenvalue weighted by Gasteiger charge is 2.56. The van der Waals surface area contributed by atoms with Gasteiger partial charge in [-0.15, -0.1) is 0 Å². The van der Waals surface area contributed by atoms with Crippen LogP contribution in [0.25, 0.3) is 0 Å². The van der Waals surface area contributed by atoms with Crippen molar-refractivity contribution in [1.29, 1.82) is 0 Å². The van der Waals surface area contributed by atoms with Gasteiger partial charge in [-0.1, -0.05) is 12.1 Å². The van der Waals surface area contributed by atoms with Crippen LogP contribution >= 0.6 is 0 Å². The van der Waals surface area contributed by atoms with Crippen molar-refractivity contribution in [3.05, 3.63) is 35.4 Å². The van der Waals surface area contributed by atoms with Crippen molar-refractivity contribution in [3.63, 3.8) is 0 Å². The summed E-state index contributed by atoms with van der Waals surface area (Å²) in [5.74, 6) is -3.42. The molecule has 1 aliphatic heterocycles. The van der Waals surface area contributed by atoms with Crippen molar-refractivity contribution in [1.82, 2.24) is 4.90 Å². The van der Waals surface area contributed by atoms with Crippen LogP contribution in [0, 0.1) is 0 Å². The molecule has 0 aromatic heterocycles. The van der Waals surface area contributed by atoms with E-state index in [4.69, 9.17) is 9.47 Å². The maximum Gasteiger partial charge on any atom is 0.408 e. The molecule has 1 heterocycles. The minimum Gasteiger partial charge on any atom is -0.363 e. The molecule has 2 fully saturated rings. The van der Waals surface area contributed by atoms with Crippen molar-refractivity contribution in [2.24, 2.45) is 0 Å². The summed E-state index contributed by atoms with van der Waals surface area (Å²) < 4.78 is 11.1. The van der Waals surface area contributed by atoms with E-state index in [0.29, 0.717) is 12.8 Å². The maximum atomic E-state index is 12.8. The molecule has 2 unspecified atom stereocenters. The molecule has 0 N–H and O–H groups in total. The van der Waals surface area contributed by atoms with E-state index in [2.05, 4.69) is 9.78 Å². The number of hydrogen-bond acceptors (Lipinski definition) is 8. The lowest BCUT2D eigenvalue weighted by Gasteiger charge is -2.33. The van der Waals surface area contributed by atoms with Crippen LogP contribution in [0.4, 0.5) is 0 Å². The van der Waals surface area contributed by atoms with Gasteiger partial charge in [-0.3, -0.25) is 9.59 Å². The number of imide groups is 1. The first kappa shape index (κ1) is 19.5. The van der Waals surface area contributed by atoms with Gasteiger partial charge in [0.2, 0.25) is 0 Å². The Hall–Kier alpha value is -2.78. The average Bonchev–Trinajstić information content (AvgIpc) is 3.62. The smallest absolute Gasteiger partial charge is 0.363 e. The highest BCUT2D eigenvalue weighted by Crippen LogP contribution is 2.36. The molecule has 2 amide bonds. The predicted molar refractivity (Wildman–Crippen MR) is 95.2 cm³/mol. The fraction of sp³-hybridized carbons (Fsp3) is 0.500. The van der Waals surface area contributed by atoms with Crippen molar-refractivity contribution < 1.29 is 38.4 Å². The Kier molecular flexibility index (Phi) is 4.87. The quantitative estimate of drug-likeness (QED) is 0.385. The second-order valence-electron chi connectivity index (χ2n) is 7.54. The summed E-state index contributed by atoms with van der Waals surface area (Å²) in [6.45, 7) is 2.74. The summed E-state index contributed by atoms with van der Waals surface area (Å²) in [7, 11) is 0. The highest BCUT2D eigenvalue weighted by molar-refractivity contribution is 6.23. The molecule has 0 saturated heterocycles. The van der Waals surface area contributed by atoms with E-state index < -0.39 is 35.6 Å². The van der Waals surface area contributed by atoms with Gasteiger partial charge in [-0.25, -0.2) is 24.3 Å². The highest BCUT2D eigenvalue weighted by atomic mass is 17.2. The van der Waals surface area contributed by atoms with E-state index >= 15 is 0 Å². The third-order valence-corrected chi connectivity index (χ3v) is 4.97. The van der Waals surface area contributed by atoms with Crippen LogP contribution in [0.2, 0.25) is 0 Å². The fourth-order valence-electron chi connectivity index (χ4n) is 3.05. The molecule has 0 bridgehead atoms. The van der Waals surface area contributed by atoms with Gasteiger partial charge >= 0.3 is 11.9 Å². The Morgan fingerprint density at radius 1 is 1.00 bits per heavy atom. The van der Waals surface area contributed by atoms with Gasteiger partial charge in [0, 0.05) is 0 Å². The van der Waals surface area contributed by atoms with E-state index in [0.717, 1.165) is 17.7 Å². The zero-order chi connectivity index (χ0) is 20.8. The standard InChI is InChI=1S/C20H21NO8/c1-11(26-12-7-8-12)18(24)28-29-19(25)20(2,27-13-9-10-13)21-16(22)14-5-3-4-6-15(14)17(21)23/h3-6,11-13H,7-10H2,1-2H3. The number of amides is 2. The fourth-order valence-corrected chi connectivity index (χ4v) is 3.05. The molecule has 29 heavy (non-hydrogen) atoms. The molecule has 1 aromatic carbocycles. The molecule has 2 atom stereocenters. The third kappa shape index (κ3) is 3.75. The largest absolute Gasteiger partial charge is 0.408 e. The zero-order valence-electron chi connectivity index (χ0n) is 16.1. The van der Waals surface area contributed by atoms with Crippen LogP contribution in [0.5, 0.6) is 0 Å². The van der Waals surface area contributed by atoms with E-state index in [-0.39, 0.29) is 23.3 Å². The summed E-state index contributed by atoms with van der Waals surface area (Å²) in [6.07, 6.45) is 1.88. The van der Waals surface area contributed by atoms with E-state index in [1.165, 1.54) is 26.0 Å². The number of hydrogen-bond donors (Lipinski definition) is 0. The Morgan fingerprint density at radius 3 is 2.07 bits per heavy atom. The van der Waals surface area contributed by atoms with Crippen molar-refractivity contribution in [2.45, 2.75) is 63.6 Å². The Morgan fingerprint density at radius 2 is 1.55 bits per heavy atom. The Bertz CT molecular complexity index is 840. The Balaban J connectivity index is 1.50.